The van der Waals surface area contributed by atoms with Crippen molar-refractivity contribution < 1.29 is 9.53 Å². The summed E-state index contributed by atoms with van der Waals surface area (Å²) in [6.07, 6.45) is -0.192. The fraction of sp³-hybridized carbons (Fsp3) is 0.345. The van der Waals surface area contributed by atoms with Gasteiger partial charge in [0.2, 0.25) is 0 Å². The first-order valence-corrected chi connectivity index (χ1v) is 12.6. The van der Waals surface area contributed by atoms with Crippen molar-refractivity contribution in [3.05, 3.63) is 88.4 Å². The molecule has 5 nitrogen and oxygen atoms in total. The van der Waals surface area contributed by atoms with Gasteiger partial charge in [-0.3, -0.25) is 0 Å². The molecule has 1 unspecified atom stereocenters. The molecule has 2 amide bonds. The van der Waals surface area contributed by atoms with Crippen LogP contribution in [-0.4, -0.2) is 25.2 Å². The number of hydrogen-bond donors (Lipinski definition) is 2. The Morgan fingerprint density at radius 2 is 1.69 bits per heavy atom. The van der Waals surface area contributed by atoms with Crippen LogP contribution in [0.5, 0.6) is 5.75 Å². The summed E-state index contributed by atoms with van der Waals surface area (Å²) < 4.78 is 6.24. The van der Waals surface area contributed by atoms with Gasteiger partial charge < -0.3 is 20.3 Å². The molecule has 4 rings (SSSR count). The molecule has 35 heavy (non-hydrogen) atoms. The van der Waals surface area contributed by atoms with Gasteiger partial charge in [-0.05, 0) is 46.7 Å². The third kappa shape index (κ3) is 6.09. The van der Waals surface area contributed by atoms with Gasteiger partial charge in [-0.2, -0.15) is 0 Å². The third-order valence-corrected chi connectivity index (χ3v) is 6.53. The van der Waals surface area contributed by atoms with Crippen molar-refractivity contribution in [2.45, 2.75) is 52.2 Å². The summed E-state index contributed by atoms with van der Waals surface area (Å²) in [6, 6.07) is 22.0. The number of nitrogens with zero attached hydrogens (tertiary/aromatic N) is 1. The number of para-hydroxylation sites is 1. The lowest BCUT2D eigenvalue weighted by Gasteiger charge is -2.36. The average molecular weight is 492 g/mol. The lowest BCUT2D eigenvalue weighted by atomic mass is 9.93. The highest BCUT2D eigenvalue weighted by atomic mass is 35.5. The van der Waals surface area contributed by atoms with Crippen molar-refractivity contribution in [3.63, 3.8) is 0 Å². The van der Waals surface area contributed by atoms with Crippen LogP contribution in [0.15, 0.2) is 66.7 Å². The van der Waals surface area contributed by atoms with Crippen LogP contribution in [-0.2, 0) is 6.54 Å². The van der Waals surface area contributed by atoms with Gasteiger partial charge >= 0.3 is 6.03 Å². The molecule has 3 aromatic rings. The number of benzene rings is 3. The summed E-state index contributed by atoms with van der Waals surface area (Å²) >= 11 is 6.28. The van der Waals surface area contributed by atoms with Crippen molar-refractivity contribution in [3.8, 4) is 5.75 Å². The molecular formula is C29H34ClN3O2. The molecule has 1 heterocycles. The minimum Gasteiger partial charge on any atom is -0.485 e. The second-order valence-corrected chi connectivity index (χ2v) is 10.1. The molecule has 0 radical (unpaired) electrons. The van der Waals surface area contributed by atoms with Gasteiger partial charge in [0, 0.05) is 17.3 Å². The Labute approximate surface area is 213 Å². The largest absolute Gasteiger partial charge is 0.485 e. The molecule has 0 fully saturated rings. The first kappa shape index (κ1) is 24.9. The summed E-state index contributed by atoms with van der Waals surface area (Å²) in [7, 11) is 0. The summed E-state index contributed by atoms with van der Waals surface area (Å²) in [5.41, 5.74) is 5.36. The molecule has 184 valence electrons. The van der Waals surface area contributed by atoms with E-state index >= 15 is 0 Å². The Bertz CT molecular complexity index is 1140. The fourth-order valence-corrected chi connectivity index (χ4v) is 4.68. The topological polar surface area (TPSA) is 53.6 Å². The van der Waals surface area contributed by atoms with E-state index in [4.69, 9.17) is 16.3 Å². The van der Waals surface area contributed by atoms with E-state index in [-0.39, 0.29) is 12.1 Å². The van der Waals surface area contributed by atoms with E-state index in [0.29, 0.717) is 29.9 Å². The Morgan fingerprint density at radius 1 is 1.00 bits per heavy atom. The first-order chi connectivity index (χ1) is 16.8. The number of ether oxygens (including phenoxy) is 1. The van der Waals surface area contributed by atoms with Crippen LogP contribution < -0.4 is 20.3 Å². The van der Waals surface area contributed by atoms with Gasteiger partial charge in [0.05, 0.1) is 18.8 Å². The van der Waals surface area contributed by atoms with Crippen molar-refractivity contribution in [2.24, 2.45) is 0 Å². The molecule has 0 bridgehead atoms. The molecule has 0 aromatic heterocycles. The molecule has 0 saturated heterocycles. The minimum atomic E-state index is -0.222. The maximum atomic E-state index is 13.0. The molecular weight excluding hydrogens is 458 g/mol. The van der Waals surface area contributed by atoms with Gasteiger partial charge in [0.15, 0.2) is 0 Å². The molecule has 6 heteroatoms. The van der Waals surface area contributed by atoms with E-state index in [2.05, 4.69) is 73.6 Å². The van der Waals surface area contributed by atoms with Crippen molar-refractivity contribution in [1.29, 1.82) is 0 Å². The molecule has 0 spiro atoms. The third-order valence-electron chi connectivity index (χ3n) is 6.30. The number of anilines is 2. The number of carbonyl (C=O) groups excluding carboxylic acids is 1. The zero-order valence-corrected chi connectivity index (χ0v) is 21.6. The molecule has 1 aliphatic rings. The highest BCUT2D eigenvalue weighted by Crippen LogP contribution is 2.36. The van der Waals surface area contributed by atoms with Crippen LogP contribution in [0.3, 0.4) is 0 Å². The standard InChI is InChI=1S/C29H34ClN3O2/c1-19(2)24-11-8-12-25(20(3)4)28(24)32-29(34)31-16-23-18-33(17-21-9-6-5-7-10-21)26-15-22(30)13-14-27(26)35-23/h5-15,19-20,23H,16-18H2,1-4H3,(H2,31,32,34). The number of amides is 2. The zero-order valence-electron chi connectivity index (χ0n) is 20.8. The second-order valence-electron chi connectivity index (χ2n) is 9.67. The normalized spacial score (nSPS) is 15.1. The van der Waals surface area contributed by atoms with Gasteiger partial charge in [-0.1, -0.05) is 87.8 Å². The first-order valence-electron chi connectivity index (χ1n) is 12.2. The predicted octanol–water partition coefficient (Wildman–Crippen LogP) is 7.18. The zero-order chi connectivity index (χ0) is 24.9. The van der Waals surface area contributed by atoms with Crippen molar-refractivity contribution in [1.82, 2.24) is 5.32 Å². The Balaban J connectivity index is 1.46. The van der Waals surface area contributed by atoms with Gasteiger partial charge in [-0.15, -0.1) is 0 Å². The van der Waals surface area contributed by atoms with E-state index in [1.807, 2.05) is 36.4 Å². The summed E-state index contributed by atoms with van der Waals surface area (Å²) in [4.78, 5) is 15.2. The van der Waals surface area contributed by atoms with E-state index in [0.717, 1.165) is 34.8 Å². The highest BCUT2D eigenvalue weighted by molar-refractivity contribution is 6.31. The van der Waals surface area contributed by atoms with E-state index in [9.17, 15) is 4.79 Å². The second kappa shape index (κ2) is 11.0. The SMILES string of the molecule is CC(C)c1cccc(C(C)C)c1NC(=O)NCC1CN(Cc2ccccc2)c2cc(Cl)ccc2O1. The van der Waals surface area contributed by atoms with Crippen LogP contribution >= 0.6 is 11.6 Å². The number of nitrogens with one attached hydrogen (secondary N) is 2. The predicted molar refractivity (Wildman–Crippen MR) is 145 cm³/mol. The quantitative estimate of drug-likeness (QED) is 0.368. The molecule has 3 aromatic carbocycles. The number of rotatable bonds is 7. The lowest BCUT2D eigenvalue weighted by molar-refractivity contribution is 0.188. The van der Waals surface area contributed by atoms with Crippen molar-refractivity contribution in [2.75, 3.05) is 23.3 Å². The molecule has 1 atom stereocenters. The average Bonchev–Trinajstić information content (AvgIpc) is 2.83. The maximum absolute atomic E-state index is 13.0. The highest BCUT2D eigenvalue weighted by Gasteiger charge is 2.27. The summed E-state index contributed by atoms with van der Waals surface area (Å²) in [5.74, 6) is 1.39. The number of halogens is 1. The Hall–Kier alpha value is -3.18. The van der Waals surface area contributed by atoms with Crippen LogP contribution in [0.2, 0.25) is 5.02 Å². The molecule has 0 aliphatic carbocycles. The number of carbonyl (C=O) groups is 1. The van der Waals surface area contributed by atoms with Gasteiger partial charge in [0.1, 0.15) is 11.9 Å². The fourth-order valence-electron chi connectivity index (χ4n) is 4.52. The smallest absolute Gasteiger partial charge is 0.319 e. The van der Waals surface area contributed by atoms with E-state index in [1.54, 1.807) is 0 Å². The van der Waals surface area contributed by atoms with Crippen LogP contribution in [0, 0.1) is 0 Å². The molecule has 1 aliphatic heterocycles. The number of fused-ring (bicyclic) bond motifs is 1. The van der Waals surface area contributed by atoms with Crippen LogP contribution in [0.25, 0.3) is 0 Å². The molecule has 0 saturated carbocycles. The minimum absolute atomic E-state index is 0.192. The monoisotopic (exact) mass is 491 g/mol. The van der Waals surface area contributed by atoms with E-state index in [1.165, 1.54) is 5.56 Å². The lowest BCUT2D eigenvalue weighted by Crippen LogP contribution is -2.47. The van der Waals surface area contributed by atoms with Crippen molar-refractivity contribution >= 4 is 29.0 Å². The van der Waals surface area contributed by atoms with Crippen LogP contribution in [0.1, 0.15) is 56.2 Å². The maximum Gasteiger partial charge on any atom is 0.319 e. The van der Waals surface area contributed by atoms with Gasteiger partial charge in [0.25, 0.3) is 0 Å². The number of urea groups is 1. The summed E-state index contributed by atoms with van der Waals surface area (Å²) in [5, 5.41) is 6.83. The number of hydrogen-bond acceptors (Lipinski definition) is 3. The Morgan fingerprint density at radius 3 is 2.34 bits per heavy atom. The van der Waals surface area contributed by atoms with Crippen LogP contribution in [0.4, 0.5) is 16.2 Å². The summed E-state index contributed by atoms with van der Waals surface area (Å²) in [6.45, 7) is 10.3. The van der Waals surface area contributed by atoms with E-state index < -0.39 is 0 Å². The van der Waals surface area contributed by atoms with Gasteiger partial charge in [-0.25, -0.2) is 4.79 Å². The Kier molecular flexibility index (Phi) is 7.86. The molecule has 2 N–H and O–H groups in total.